The fourth-order valence-corrected chi connectivity index (χ4v) is 1.76. The first-order valence-electron chi connectivity index (χ1n) is 5.68. The van der Waals surface area contributed by atoms with Crippen molar-refractivity contribution in [2.75, 3.05) is 6.54 Å². The zero-order valence-electron chi connectivity index (χ0n) is 9.77. The van der Waals surface area contributed by atoms with Gasteiger partial charge in [-0.2, -0.15) is 0 Å². The van der Waals surface area contributed by atoms with Gasteiger partial charge in [0.25, 0.3) is 0 Å². The van der Waals surface area contributed by atoms with Gasteiger partial charge >= 0.3 is 6.09 Å². The Hall–Kier alpha value is -2.03. The van der Waals surface area contributed by atoms with E-state index in [0.717, 1.165) is 16.3 Å². The molecule has 0 atom stereocenters. The average Bonchev–Trinajstić information content (AvgIpc) is 2.36. The quantitative estimate of drug-likeness (QED) is 0.878. The van der Waals surface area contributed by atoms with Crippen molar-refractivity contribution in [1.29, 1.82) is 0 Å². The van der Waals surface area contributed by atoms with Crippen molar-refractivity contribution in [1.82, 2.24) is 5.32 Å². The summed E-state index contributed by atoms with van der Waals surface area (Å²) >= 11 is 0. The second-order valence-electron chi connectivity index (χ2n) is 3.74. The molecule has 0 radical (unpaired) electrons. The van der Waals surface area contributed by atoms with Crippen LogP contribution in [0, 0.1) is 0 Å². The van der Waals surface area contributed by atoms with E-state index in [1.54, 1.807) is 0 Å². The summed E-state index contributed by atoms with van der Waals surface area (Å²) < 4.78 is 5.13. The molecule has 0 fully saturated rings. The van der Waals surface area contributed by atoms with Gasteiger partial charge in [0.15, 0.2) is 0 Å². The van der Waals surface area contributed by atoms with Gasteiger partial charge in [0.2, 0.25) is 0 Å². The van der Waals surface area contributed by atoms with E-state index in [9.17, 15) is 4.79 Å². The summed E-state index contributed by atoms with van der Waals surface area (Å²) in [7, 11) is 0. The molecule has 0 unspecified atom stereocenters. The van der Waals surface area contributed by atoms with Crippen LogP contribution in [0.2, 0.25) is 0 Å². The highest BCUT2D eigenvalue weighted by Gasteiger charge is 2.03. The van der Waals surface area contributed by atoms with Crippen LogP contribution in [0.3, 0.4) is 0 Å². The molecule has 0 aliphatic rings. The molecule has 3 nitrogen and oxygen atoms in total. The fourth-order valence-electron chi connectivity index (χ4n) is 1.76. The summed E-state index contributed by atoms with van der Waals surface area (Å²) in [6.45, 7) is 2.74. The van der Waals surface area contributed by atoms with Gasteiger partial charge in [0.1, 0.15) is 6.61 Å². The molecule has 2 aromatic rings. The molecule has 1 amide bonds. The van der Waals surface area contributed by atoms with Crippen molar-refractivity contribution >= 4 is 16.9 Å². The zero-order chi connectivity index (χ0) is 12.1. The van der Waals surface area contributed by atoms with Gasteiger partial charge in [-0.1, -0.05) is 42.5 Å². The SMILES string of the molecule is CCNC(=O)OCc1cccc2ccccc12. The highest BCUT2D eigenvalue weighted by atomic mass is 16.5. The van der Waals surface area contributed by atoms with E-state index in [1.165, 1.54) is 0 Å². The van der Waals surface area contributed by atoms with Crippen LogP contribution in [-0.4, -0.2) is 12.6 Å². The van der Waals surface area contributed by atoms with Gasteiger partial charge in [-0.05, 0) is 23.3 Å². The molecule has 3 heteroatoms. The van der Waals surface area contributed by atoms with Gasteiger partial charge in [-0.3, -0.25) is 0 Å². The Labute approximate surface area is 100 Å². The lowest BCUT2D eigenvalue weighted by Crippen LogP contribution is -2.23. The van der Waals surface area contributed by atoms with E-state index in [-0.39, 0.29) is 6.09 Å². The maximum Gasteiger partial charge on any atom is 0.407 e. The van der Waals surface area contributed by atoms with Gasteiger partial charge < -0.3 is 10.1 Å². The molecule has 1 N–H and O–H groups in total. The monoisotopic (exact) mass is 229 g/mol. The smallest absolute Gasteiger partial charge is 0.407 e. The van der Waals surface area contributed by atoms with Crippen molar-refractivity contribution in [3.8, 4) is 0 Å². The van der Waals surface area contributed by atoms with Crippen LogP contribution in [0.5, 0.6) is 0 Å². The lowest BCUT2D eigenvalue weighted by molar-refractivity contribution is 0.140. The van der Waals surface area contributed by atoms with Crippen LogP contribution >= 0.6 is 0 Å². The summed E-state index contributed by atoms with van der Waals surface area (Å²) in [6, 6.07) is 14.1. The predicted octanol–water partition coefficient (Wildman–Crippen LogP) is 3.09. The maximum atomic E-state index is 11.2. The topological polar surface area (TPSA) is 38.3 Å². The van der Waals surface area contributed by atoms with Gasteiger partial charge in [0, 0.05) is 6.54 Å². The molecule has 0 aromatic heterocycles. The number of rotatable bonds is 3. The third-order valence-electron chi connectivity index (χ3n) is 2.56. The Bertz CT molecular complexity index is 517. The van der Waals surface area contributed by atoms with Crippen molar-refractivity contribution in [3.05, 3.63) is 48.0 Å². The molecule has 0 bridgehead atoms. The molecular weight excluding hydrogens is 214 g/mol. The van der Waals surface area contributed by atoms with Crippen molar-refractivity contribution < 1.29 is 9.53 Å². The Morgan fingerprint density at radius 3 is 2.76 bits per heavy atom. The van der Waals surface area contributed by atoms with Crippen LogP contribution in [0.15, 0.2) is 42.5 Å². The molecule has 17 heavy (non-hydrogen) atoms. The first-order chi connectivity index (χ1) is 8.31. The zero-order valence-corrected chi connectivity index (χ0v) is 9.77. The normalized spacial score (nSPS) is 10.2. The standard InChI is InChI=1S/C14H15NO2/c1-2-15-14(16)17-10-12-8-5-7-11-6-3-4-9-13(11)12/h3-9H,2,10H2,1H3,(H,15,16). The minimum absolute atomic E-state index is 0.299. The van der Waals surface area contributed by atoms with E-state index in [1.807, 2.05) is 49.4 Å². The number of nitrogens with one attached hydrogen (secondary N) is 1. The molecule has 0 spiro atoms. The number of hydrogen-bond acceptors (Lipinski definition) is 2. The summed E-state index contributed by atoms with van der Waals surface area (Å²) in [5.41, 5.74) is 1.02. The average molecular weight is 229 g/mol. The number of ether oxygens (including phenoxy) is 1. The summed E-state index contributed by atoms with van der Waals surface area (Å²) in [6.07, 6.45) is -0.375. The number of carbonyl (C=O) groups excluding carboxylic acids is 1. The third kappa shape index (κ3) is 2.75. The van der Waals surface area contributed by atoms with Crippen molar-refractivity contribution in [2.45, 2.75) is 13.5 Å². The lowest BCUT2D eigenvalue weighted by Gasteiger charge is -2.08. The van der Waals surface area contributed by atoms with E-state index in [2.05, 4.69) is 5.32 Å². The van der Waals surface area contributed by atoms with Crippen molar-refractivity contribution in [2.24, 2.45) is 0 Å². The van der Waals surface area contributed by atoms with E-state index < -0.39 is 0 Å². The molecular formula is C14H15NO2. The second-order valence-corrected chi connectivity index (χ2v) is 3.74. The molecule has 0 aliphatic carbocycles. The Balaban J connectivity index is 2.16. The minimum Gasteiger partial charge on any atom is -0.445 e. The third-order valence-corrected chi connectivity index (χ3v) is 2.56. The summed E-state index contributed by atoms with van der Waals surface area (Å²) in [5.74, 6) is 0. The number of hydrogen-bond donors (Lipinski definition) is 1. The van der Waals surface area contributed by atoms with Crippen LogP contribution in [0.4, 0.5) is 4.79 Å². The molecule has 0 saturated carbocycles. The Morgan fingerprint density at radius 1 is 1.18 bits per heavy atom. The number of carbonyl (C=O) groups is 1. The Morgan fingerprint density at radius 2 is 1.94 bits per heavy atom. The Kier molecular flexibility index (Phi) is 3.60. The number of alkyl carbamates (subject to hydrolysis) is 1. The first kappa shape index (κ1) is 11.5. The maximum absolute atomic E-state index is 11.2. The molecule has 2 aromatic carbocycles. The molecule has 0 saturated heterocycles. The van der Waals surface area contributed by atoms with Gasteiger partial charge in [-0.15, -0.1) is 0 Å². The van der Waals surface area contributed by atoms with E-state index in [0.29, 0.717) is 13.2 Å². The van der Waals surface area contributed by atoms with E-state index in [4.69, 9.17) is 4.74 Å². The van der Waals surface area contributed by atoms with Gasteiger partial charge in [0.05, 0.1) is 0 Å². The van der Waals surface area contributed by atoms with Crippen LogP contribution in [0.25, 0.3) is 10.8 Å². The summed E-state index contributed by atoms with van der Waals surface area (Å²) in [4.78, 5) is 11.2. The summed E-state index contributed by atoms with van der Waals surface area (Å²) in [5, 5.41) is 4.88. The second kappa shape index (κ2) is 5.34. The largest absolute Gasteiger partial charge is 0.445 e. The molecule has 88 valence electrons. The van der Waals surface area contributed by atoms with Crippen LogP contribution in [0.1, 0.15) is 12.5 Å². The minimum atomic E-state index is -0.375. The van der Waals surface area contributed by atoms with Crippen LogP contribution in [-0.2, 0) is 11.3 Å². The predicted molar refractivity (Wildman–Crippen MR) is 67.8 cm³/mol. The number of amides is 1. The highest BCUT2D eigenvalue weighted by Crippen LogP contribution is 2.18. The molecule has 0 aliphatic heterocycles. The lowest BCUT2D eigenvalue weighted by atomic mass is 10.1. The highest BCUT2D eigenvalue weighted by molar-refractivity contribution is 5.85. The molecule has 2 rings (SSSR count). The molecule has 0 heterocycles. The number of benzene rings is 2. The number of fused-ring (bicyclic) bond motifs is 1. The van der Waals surface area contributed by atoms with Crippen LogP contribution < -0.4 is 5.32 Å². The van der Waals surface area contributed by atoms with Gasteiger partial charge in [-0.25, -0.2) is 4.79 Å². The fraction of sp³-hybridized carbons (Fsp3) is 0.214. The first-order valence-corrected chi connectivity index (χ1v) is 5.68. The van der Waals surface area contributed by atoms with E-state index >= 15 is 0 Å². The van der Waals surface area contributed by atoms with Crippen molar-refractivity contribution in [3.63, 3.8) is 0 Å².